The Bertz CT molecular complexity index is 252. The van der Waals surface area contributed by atoms with Gasteiger partial charge in [0.1, 0.15) is 0 Å². The van der Waals surface area contributed by atoms with Gasteiger partial charge in [0.2, 0.25) is 5.91 Å². The van der Waals surface area contributed by atoms with Crippen LogP contribution in [0.25, 0.3) is 0 Å². The van der Waals surface area contributed by atoms with Crippen molar-refractivity contribution in [3.63, 3.8) is 0 Å². The maximum Gasteiger partial charge on any atom is 0.225 e. The SMILES string of the molecule is CCC(CC)C(=O)N1CCOC[C@@H](CN(C)C)C1. The molecule has 0 saturated carbocycles. The number of nitrogens with zero attached hydrogens (tertiary/aromatic N) is 2. The molecule has 0 radical (unpaired) electrons. The second kappa shape index (κ2) is 7.74. The fourth-order valence-electron chi connectivity index (χ4n) is 2.60. The molecule has 1 amide bonds. The average Bonchev–Trinajstić information content (AvgIpc) is 2.55. The van der Waals surface area contributed by atoms with Crippen LogP contribution in [0.2, 0.25) is 0 Å². The van der Waals surface area contributed by atoms with E-state index < -0.39 is 0 Å². The summed E-state index contributed by atoms with van der Waals surface area (Å²) in [6.07, 6.45) is 1.87. The van der Waals surface area contributed by atoms with E-state index in [0.29, 0.717) is 18.4 Å². The minimum atomic E-state index is 0.183. The summed E-state index contributed by atoms with van der Waals surface area (Å²) < 4.78 is 5.61. The normalized spacial score (nSPS) is 21.4. The second-order valence-electron chi connectivity index (χ2n) is 5.50. The molecule has 4 heteroatoms. The van der Waals surface area contributed by atoms with E-state index in [0.717, 1.165) is 39.1 Å². The standard InChI is InChI=1S/C14H28N2O2/c1-5-13(6-2)14(17)16-7-8-18-11-12(10-16)9-15(3)4/h12-13H,5-11H2,1-4H3/t12-/m0/s1. The number of rotatable bonds is 5. The van der Waals surface area contributed by atoms with Crippen molar-refractivity contribution < 1.29 is 9.53 Å². The Hall–Kier alpha value is -0.610. The number of hydrogen-bond acceptors (Lipinski definition) is 3. The molecule has 0 aromatic rings. The lowest BCUT2D eigenvalue weighted by atomic mass is 10.0. The van der Waals surface area contributed by atoms with Gasteiger partial charge >= 0.3 is 0 Å². The van der Waals surface area contributed by atoms with Crippen molar-refractivity contribution in [3.05, 3.63) is 0 Å². The zero-order valence-electron chi connectivity index (χ0n) is 12.3. The van der Waals surface area contributed by atoms with Crippen LogP contribution in [0.4, 0.5) is 0 Å². The van der Waals surface area contributed by atoms with Gasteiger partial charge in [0.15, 0.2) is 0 Å². The van der Waals surface area contributed by atoms with E-state index in [4.69, 9.17) is 4.74 Å². The summed E-state index contributed by atoms with van der Waals surface area (Å²) in [5.74, 6) is 0.929. The first kappa shape index (κ1) is 15.4. The van der Waals surface area contributed by atoms with Gasteiger partial charge in [-0.1, -0.05) is 13.8 Å². The summed E-state index contributed by atoms with van der Waals surface area (Å²) in [5, 5.41) is 0. The number of carbonyl (C=O) groups excluding carboxylic acids is 1. The maximum absolute atomic E-state index is 12.4. The highest BCUT2D eigenvalue weighted by molar-refractivity contribution is 5.78. The molecular formula is C14H28N2O2. The lowest BCUT2D eigenvalue weighted by Gasteiger charge is -2.28. The molecule has 1 heterocycles. The zero-order chi connectivity index (χ0) is 13.5. The van der Waals surface area contributed by atoms with Gasteiger partial charge in [-0.15, -0.1) is 0 Å². The molecule has 0 aliphatic carbocycles. The van der Waals surface area contributed by atoms with Gasteiger partial charge in [-0.05, 0) is 26.9 Å². The van der Waals surface area contributed by atoms with Crippen molar-refractivity contribution >= 4 is 5.91 Å². The Labute approximate surface area is 111 Å². The van der Waals surface area contributed by atoms with Gasteiger partial charge in [0.25, 0.3) is 0 Å². The van der Waals surface area contributed by atoms with Crippen molar-refractivity contribution in [1.82, 2.24) is 9.80 Å². The van der Waals surface area contributed by atoms with Crippen molar-refractivity contribution in [1.29, 1.82) is 0 Å². The lowest BCUT2D eigenvalue weighted by molar-refractivity contribution is -0.136. The van der Waals surface area contributed by atoms with E-state index >= 15 is 0 Å². The lowest BCUT2D eigenvalue weighted by Crippen LogP contribution is -2.41. The molecule has 1 aliphatic rings. The molecule has 0 aromatic carbocycles. The number of carbonyl (C=O) groups is 1. The number of ether oxygens (including phenoxy) is 1. The molecule has 0 aromatic heterocycles. The largest absolute Gasteiger partial charge is 0.379 e. The van der Waals surface area contributed by atoms with E-state index in [-0.39, 0.29) is 5.92 Å². The molecule has 1 saturated heterocycles. The van der Waals surface area contributed by atoms with Gasteiger partial charge in [-0.3, -0.25) is 4.79 Å². The predicted octanol–water partition coefficient (Wildman–Crippen LogP) is 1.46. The fourth-order valence-corrected chi connectivity index (χ4v) is 2.60. The molecule has 1 rings (SSSR count). The van der Waals surface area contributed by atoms with E-state index in [1.165, 1.54) is 0 Å². The molecule has 4 nitrogen and oxygen atoms in total. The molecule has 1 atom stereocenters. The molecule has 0 N–H and O–H groups in total. The topological polar surface area (TPSA) is 32.8 Å². The van der Waals surface area contributed by atoms with Crippen LogP contribution < -0.4 is 0 Å². The third kappa shape index (κ3) is 4.58. The Balaban J connectivity index is 2.60. The third-order valence-corrected chi connectivity index (χ3v) is 3.61. The minimum absolute atomic E-state index is 0.183. The summed E-state index contributed by atoms with van der Waals surface area (Å²) in [6.45, 7) is 8.20. The van der Waals surface area contributed by atoms with Gasteiger partial charge < -0.3 is 14.5 Å². The van der Waals surface area contributed by atoms with Crippen molar-refractivity contribution in [2.75, 3.05) is 46.9 Å². The fraction of sp³-hybridized carbons (Fsp3) is 0.929. The first-order valence-electron chi connectivity index (χ1n) is 7.09. The van der Waals surface area contributed by atoms with E-state index in [9.17, 15) is 4.79 Å². The Morgan fingerprint density at radius 3 is 2.61 bits per heavy atom. The van der Waals surface area contributed by atoms with E-state index in [1.54, 1.807) is 0 Å². The molecule has 1 aliphatic heterocycles. The van der Waals surface area contributed by atoms with Crippen LogP contribution in [0, 0.1) is 11.8 Å². The van der Waals surface area contributed by atoms with Gasteiger partial charge in [0, 0.05) is 31.5 Å². The smallest absolute Gasteiger partial charge is 0.225 e. The maximum atomic E-state index is 12.4. The summed E-state index contributed by atoms with van der Waals surface area (Å²) in [5.41, 5.74) is 0. The summed E-state index contributed by atoms with van der Waals surface area (Å²) >= 11 is 0. The van der Waals surface area contributed by atoms with Gasteiger partial charge in [-0.2, -0.15) is 0 Å². The van der Waals surface area contributed by atoms with E-state index in [1.807, 2.05) is 4.90 Å². The molecule has 106 valence electrons. The van der Waals surface area contributed by atoms with Gasteiger partial charge in [0.05, 0.1) is 13.2 Å². The second-order valence-corrected chi connectivity index (χ2v) is 5.50. The van der Waals surface area contributed by atoms with Crippen LogP contribution in [0.5, 0.6) is 0 Å². The minimum Gasteiger partial charge on any atom is -0.379 e. The first-order chi connectivity index (χ1) is 8.58. The molecule has 0 spiro atoms. The van der Waals surface area contributed by atoms with Crippen LogP contribution >= 0.6 is 0 Å². The Morgan fingerprint density at radius 1 is 1.39 bits per heavy atom. The van der Waals surface area contributed by atoms with Crippen LogP contribution in [-0.2, 0) is 9.53 Å². The van der Waals surface area contributed by atoms with Crippen LogP contribution in [0.3, 0.4) is 0 Å². The predicted molar refractivity (Wildman–Crippen MR) is 73.5 cm³/mol. The molecular weight excluding hydrogens is 228 g/mol. The molecule has 0 bridgehead atoms. The number of amides is 1. The zero-order valence-corrected chi connectivity index (χ0v) is 12.3. The van der Waals surface area contributed by atoms with Crippen LogP contribution in [0.15, 0.2) is 0 Å². The Morgan fingerprint density at radius 2 is 2.06 bits per heavy atom. The van der Waals surface area contributed by atoms with Crippen molar-refractivity contribution in [3.8, 4) is 0 Å². The van der Waals surface area contributed by atoms with Crippen LogP contribution in [-0.4, -0.2) is 62.7 Å². The quantitative estimate of drug-likeness (QED) is 0.746. The number of hydrogen-bond donors (Lipinski definition) is 0. The Kier molecular flexibility index (Phi) is 6.65. The summed E-state index contributed by atoms with van der Waals surface area (Å²) in [4.78, 5) is 16.6. The monoisotopic (exact) mass is 256 g/mol. The highest BCUT2D eigenvalue weighted by atomic mass is 16.5. The molecule has 1 fully saturated rings. The highest BCUT2D eigenvalue weighted by Gasteiger charge is 2.26. The molecule has 0 unspecified atom stereocenters. The van der Waals surface area contributed by atoms with Crippen molar-refractivity contribution in [2.24, 2.45) is 11.8 Å². The summed E-state index contributed by atoms with van der Waals surface area (Å²) in [6, 6.07) is 0. The van der Waals surface area contributed by atoms with Crippen LogP contribution in [0.1, 0.15) is 26.7 Å². The van der Waals surface area contributed by atoms with Crippen molar-refractivity contribution in [2.45, 2.75) is 26.7 Å². The highest BCUT2D eigenvalue weighted by Crippen LogP contribution is 2.15. The first-order valence-corrected chi connectivity index (χ1v) is 7.09. The van der Waals surface area contributed by atoms with E-state index in [2.05, 4.69) is 32.8 Å². The molecule has 18 heavy (non-hydrogen) atoms. The van der Waals surface area contributed by atoms with Gasteiger partial charge in [-0.25, -0.2) is 0 Å². The summed E-state index contributed by atoms with van der Waals surface area (Å²) in [7, 11) is 4.13. The third-order valence-electron chi connectivity index (χ3n) is 3.61. The average molecular weight is 256 g/mol.